The van der Waals surface area contributed by atoms with Gasteiger partial charge in [-0.2, -0.15) is 0 Å². The van der Waals surface area contributed by atoms with Crippen LogP contribution < -0.4 is 4.90 Å². The number of aromatic nitrogens is 1. The molecule has 1 aliphatic carbocycles. The monoisotopic (exact) mass is 254 g/mol. The number of carbonyl (C=O) groups is 1. The van der Waals surface area contributed by atoms with Crippen LogP contribution in [0.5, 0.6) is 0 Å². The number of rotatable bonds is 5. The quantitative estimate of drug-likeness (QED) is 0.756. The van der Waals surface area contributed by atoms with Gasteiger partial charge < -0.3 is 9.64 Å². The highest BCUT2D eigenvalue weighted by Crippen LogP contribution is 2.33. The minimum atomic E-state index is -0.235. The summed E-state index contributed by atoms with van der Waals surface area (Å²) >= 11 is 6.10. The highest BCUT2D eigenvalue weighted by molar-refractivity contribution is 6.33. The molecule has 17 heavy (non-hydrogen) atoms. The fraction of sp³-hybridized carbons (Fsp3) is 0.500. The lowest BCUT2D eigenvalue weighted by molar-refractivity contribution is -0.141. The maximum absolute atomic E-state index is 11.5. The smallest absolute Gasteiger partial charge is 0.325 e. The van der Waals surface area contributed by atoms with Gasteiger partial charge in [0.25, 0.3) is 0 Å². The van der Waals surface area contributed by atoms with E-state index in [0.717, 1.165) is 12.8 Å². The third-order valence-electron chi connectivity index (χ3n) is 2.60. The molecule has 0 unspecified atom stereocenters. The Labute approximate surface area is 106 Å². The van der Waals surface area contributed by atoms with Gasteiger partial charge in [0.1, 0.15) is 12.4 Å². The summed E-state index contributed by atoms with van der Waals surface area (Å²) in [6.07, 6.45) is 3.83. The van der Waals surface area contributed by atoms with Crippen LogP contribution in [0.15, 0.2) is 18.3 Å². The number of halogens is 1. The van der Waals surface area contributed by atoms with E-state index >= 15 is 0 Å². The number of pyridine rings is 1. The summed E-state index contributed by atoms with van der Waals surface area (Å²) in [6.45, 7) is 2.41. The van der Waals surface area contributed by atoms with Crippen LogP contribution in [0, 0.1) is 0 Å². The molecule has 1 saturated carbocycles. The van der Waals surface area contributed by atoms with Crippen LogP contribution in [-0.4, -0.2) is 30.1 Å². The molecule has 0 N–H and O–H groups in total. The molecular weight excluding hydrogens is 240 g/mol. The molecule has 0 aliphatic heterocycles. The predicted molar refractivity (Wildman–Crippen MR) is 66.2 cm³/mol. The first-order valence-corrected chi connectivity index (χ1v) is 6.13. The van der Waals surface area contributed by atoms with E-state index in [-0.39, 0.29) is 12.5 Å². The minimum absolute atomic E-state index is 0.218. The molecule has 1 aromatic rings. The third-order valence-corrected chi connectivity index (χ3v) is 2.90. The van der Waals surface area contributed by atoms with Gasteiger partial charge in [-0.25, -0.2) is 4.98 Å². The summed E-state index contributed by atoms with van der Waals surface area (Å²) in [5, 5.41) is 0.573. The van der Waals surface area contributed by atoms with Crippen molar-refractivity contribution in [2.75, 3.05) is 18.1 Å². The van der Waals surface area contributed by atoms with Crippen molar-refractivity contribution in [1.82, 2.24) is 4.98 Å². The molecule has 92 valence electrons. The summed E-state index contributed by atoms with van der Waals surface area (Å²) in [7, 11) is 0. The Morgan fingerprint density at radius 3 is 3.00 bits per heavy atom. The van der Waals surface area contributed by atoms with Crippen molar-refractivity contribution < 1.29 is 9.53 Å². The van der Waals surface area contributed by atoms with E-state index in [2.05, 4.69) is 4.98 Å². The van der Waals surface area contributed by atoms with Crippen molar-refractivity contribution in [3.8, 4) is 0 Å². The highest BCUT2D eigenvalue weighted by Gasteiger charge is 2.32. The zero-order chi connectivity index (χ0) is 12.3. The third kappa shape index (κ3) is 3.09. The first-order chi connectivity index (χ1) is 8.22. The Hall–Kier alpha value is -1.29. The average molecular weight is 255 g/mol. The van der Waals surface area contributed by atoms with Gasteiger partial charge in [-0.15, -0.1) is 0 Å². The van der Waals surface area contributed by atoms with E-state index in [1.165, 1.54) is 0 Å². The van der Waals surface area contributed by atoms with Crippen molar-refractivity contribution >= 4 is 23.4 Å². The largest absolute Gasteiger partial charge is 0.465 e. The Balaban J connectivity index is 2.12. The lowest BCUT2D eigenvalue weighted by atomic mass is 10.4. The topological polar surface area (TPSA) is 42.4 Å². The predicted octanol–water partition coefficient (Wildman–Crippen LogP) is 2.27. The number of esters is 1. The summed E-state index contributed by atoms with van der Waals surface area (Å²) in [4.78, 5) is 17.7. The van der Waals surface area contributed by atoms with E-state index in [0.29, 0.717) is 23.5 Å². The van der Waals surface area contributed by atoms with Gasteiger partial charge in [-0.1, -0.05) is 11.6 Å². The number of hydrogen-bond acceptors (Lipinski definition) is 4. The molecule has 0 spiro atoms. The molecule has 2 rings (SSSR count). The van der Waals surface area contributed by atoms with Crippen molar-refractivity contribution in [2.24, 2.45) is 0 Å². The molecule has 4 nitrogen and oxygen atoms in total. The van der Waals surface area contributed by atoms with Crippen LogP contribution in [0.4, 0.5) is 5.82 Å². The first kappa shape index (κ1) is 12.2. The van der Waals surface area contributed by atoms with E-state index < -0.39 is 0 Å². The molecule has 1 heterocycles. The Morgan fingerprint density at radius 1 is 1.65 bits per heavy atom. The number of hydrogen-bond donors (Lipinski definition) is 0. The number of ether oxygens (including phenoxy) is 1. The lowest BCUT2D eigenvalue weighted by Gasteiger charge is -2.23. The van der Waals surface area contributed by atoms with Gasteiger partial charge in [0.05, 0.1) is 11.6 Å². The number of anilines is 1. The zero-order valence-electron chi connectivity index (χ0n) is 9.73. The minimum Gasteiger partial charge on any atom is -0.465 e. The summed E-state index contributed by atoms with van der Waals surface area (Å²) in [5.41, 5.74) is 0. The Bertz CT molecular complexity index is 407. The first-order valence-electron chi connectivity index (χ1n) is 5.75. The summed E-state index contributed by atoms with van der Waals surface area (Å²) in [5.74, 6) is 0.436. The standard InChI is InChI=1S/C12H15ClN2O2/c1-2-17-11(16)8-15(9-5-6-9)12-10(13)4-3-7-14-12/h3-4,7,9H,2,5-6,8H2,1H3. The summed E-state index contributed by atoms with van der Waals surface area (Å²) < 4.78 is 4.96. The molecule has 0 saturated heterocycles. The summed E-state index contributed by atoms with van der Waals surface area (Å²) in [6, 6.07) is 3.93. The maximum Gasteiger partial charge on any atom is 0.325 e. The van der Waals surface area contributed by atoms with Crippen LogP contribution in [0.1, 0.15) is 19.8 Å². The second-order valence-electron chi connectivity index (χ2n) is 3.97. The van der Waals surface area contributed by atoms with Gasteiger partial charge in [0, 0.05) is 12.2 Å². The lowest BCUT2D eigenvalue weighted by Crippen LogP contribution is -2.33. The molecule has 1 aliphatic rings. The molecule has 0 amide bonds. The number of carbonyl (C=O) groups excluding carboxylic acids is 1. The van der Waals surface area contributed by atoms with Crippen LogP contribution in [0.3, 0.4) is 0 Å². The molecule has 0 aromatic carbocycles. The van der Waals surface area contributed by atoms with Gasteiger partial charge >= 0.3 is 5.97 Å². The molecular formula is C12H15ClN2O2. The van der Waals surface area contributed by atoms with E-state index in [1.807, 2.05) is 4.90 Å². The van der Waals surface area contributed by atoms with Crippen LogP contribution in [0.25, 0.3) is 0 Å². The SMILES string of the molecule is CCOC(=O)CN(c1ncccc1Cl)C1CC1. The van der Waals surface area contributed by atoms with Crippen LogP contribution >= 0.6 is 11.6 Å². The maximum atomic E-state index is 11.5. The highest BCUT2D eigenvalue weighted by atomic mass is 35.5. The zero-order valence-corrected chi connectivity index (χ0v) is 10.5. The molecule has 5 heteroatoms. The second kappa shape index (κ2) is 5.36. The van der Waals surface area contributed by atoms with Crippen LogP contribution in [-0.2, 0) is 9.53 Å². The second-order valence-corrected chi connectivity index (χ2v) is 4.38. The van der Waals surface area contributed by atoms with Crippen molar-refractivity contribution in [1.29, 1.82) is 0 Å². The van der Waals surface area contributed by atoms with E-state index in [4.69, 9.17) is 16.3 Å². The number of nitrogens with zero attached hydrogens (tertiary/aromatic N) is 2. The normalized spacial score (nSPS) is 14.5. The Morgan fingerprint density at radius 2 is 2.41 bits per heavy atom. The average Bonchev–Trinajstić information content (AvgIpc) is 3.11. The van der Waals surface area contributed by atoms with E-state index in [9.17, 15) is 4.79 Å². The molecule has 1 fully saturated rings. The van der Waals surface area contributed by atoms with Crippen molar-refractivity contribution in [3.63, 3.8) is 0 Å². The van der Waals surface area contributed by atoms with Gasteiger partial charge in [0.2, 0.25) is 0 Å². The van der Waals surface area contributed by atoms with Crippen molar-refractivity contribution in [2.45, 2.75) is 25.8 Å². The molecule has 0 atom stereocenters. The molecule has 0 bridgehead atoms. The molecule has 1 aromatic heterocycles. The fourth-order valence-electron chi connectivity index (χ4n) is 1.70. The van der Waals surface area contributed by atoms with Crippen molar-refractivity contribution in [3.05, 3.63) is 23.4 Å². The molecule has 0 radical (unpaired) electrons. The van der Waals surface area contributed by atoms with E-state index in [1.54, 1.807) is 25.3 Å². The Kier molecular flexibility index (Phi) is 3.84. The van der Waals surface area contributed by atoms with Gasteiger partial charge in [0.15, 0.2) is 0 Å². The van der Waals surface area contributed by atoms with Gasteiger partial charge in [-0.05, 0) is 31.9 Å². The van der Waals surface area contributed by atoms with Crippen LogP contribution in [0.2, 0.25) is 5.02 Å². The van der Waals surface area contributed by atoms with Gasteiger partial charge in [-0.3, -0.25) is 4.79 Å². The fourth-order valence-corrected chi connectivity index (χ4v) is 1.93.